The van der Waals surface area contributed by atoms with E-state index in [2.05, 4.69) is 308 Å². The molecule has 348 valence electrons. The lowest BCUT2D eigenvalue weighted by Crippen LogP contribution is -1.94. The van der Waals surface area contributed by atoms with Gasteiger partial charge in [0.2, 0.25) is 0 Å². The molecule has 15 aromatic rings. The summed E-state index contributed by atoms with van der Waals surface area (Å²) in [6.07, 6.45) is 0. The second-order valence-electron chi connectivity index (χ2n) is 19.0. The van der Waals surface area contributed by atoms with Crippen molar-refractivity contribution >= 4 is 97.0 Å². The van der Waals surface area contributed by atoms with E-state index in [-0.39, 0.29) is 0 Å². The maximum absolute atomic E-state index is 3.68. The van der Waals surface area contributed by atoms with Gasteiger partial charge in [0.05, 0.1) is 22.1 Å². The molecule has 2 aromatic heterocycles. The smallest absolute Gasteiger partial charge is 0.0547 e. The SMILES string of the molecule is Brc1ccc(-c2cccc(-n3c4ccc(-c5ccccc5)c5ccc6c(-c7ccccc7)ccc3c6c54)c2)cc1.Brc1cccc(-n2c3ccc(-c4ccccc4)c4ccc5c(-c6ccccc6)ccc2c5c43)c1. The normalized spacial score (nSPS) is 11.6. The van der Waals surface area contributed by atoms with Gasteiger partial charge in [-0.3, -0.25) is 0 Å². The molecule has 15 rings (SSSR count). The molecule has 0 aliphatic heterocycles. The Hall–Kier alpha value is -8.54. The van der Waals surface area contributed by atoms with E-state index < -0.39 is 0 Å². The highest BCUT2D eigenvalue weighted by atomic mass is 79.9. The van der Waals surface area contributed by atoms with Crippen molar-refractivity contribution in [3.05, 3.63) is 276 Å². The third-order valence-corrected chi connectivity index (χ3v) is 15.9. The van der Waals surface area contributed by atoms with Gasteiger partial charge >= 0.3 is 0 Å². The van der Waals surface area contributed by atoms with Gasteiger partial charge in [0.15, 0.2) is 0 Å². The predicted molar refractivity (Wildman–Crippen MR) is 322 cm³/mol. The summed E-state index contributed by atoms with van der Waals surface area (Å²) in [5.74, 6) is 0. The standard InChI is InChI=1S/C38H24BrN.C32H20BrN/c39-29-16-14-25(15-17-29)28-12-7-13-30(24-28)40-35-22-20-31(26-8-3-1-4-9-26)33-18-19-34-32(27-10-5-2-6-11-27)21-23-36(40)38(34)37(33)35;33-23-12-7-13-24(20-23)34-29-18-16-25(21-8-3-1-4-9-21)27-14-15-28-26(22-10-5-2-6-11-22)17-19-30(34)32(28)31(27)29/h1-24H;1-20H. The number of nitrogens with zero attached hydrogens (tertiary/aromatic N) is 2. The van der Waals surface area contributed by atoms with Gasteiger partial charge < -0.3 is 9.13 Å². The number of hydrogen-bond donors (Lipinski definition) is 0. The van der Waals surface area contributed by atoms with Gasteiger partial charge in [0.1, 0.15) is 0 Å². The summed E-state index contributed by atoms with van der Waals surface area (Å²) in [5.41, 5.74) is 19.7. The second-order valence-corrected chi connectivity index (χ2v) is 20.9. The molecule has 74 heavy (non-hydrogen) atoms. The van der Waals surface area contributed by atoms with Crippen LogP contribution in [0, 0.1) is 0 Å². The van der Waals surface area contributed by atoms with Gasteiger partial charge in [-0.2, -0.15) is 0 Å². The molecule has 0 amide bonds. The lowest BCUT2D eigenvalue weighted by molar-refractivity contribution is 1.18. The third-order valence-electron chi connectivity index (χ3n) is 14.9. The van der Waals surface area contributed by atoms with E-state index in [1.165, 1.54) is 126 Å². The molecule has 0 fully saturated rings. The Kier molecular flexibility index (Phi) is 10.9. The monoisotopic (exact) mass is 1070 g/mol. The fourth-order valence-electron chi connectivity index (χ4n) is 11.6. The van der Waals surface area contributed by atoms with E-state index in [0.29, 0.717) is 0 Å². The molecular formula is C70H44Br2N2. The van der Waals surface area contributed by atoms with Crippen LogP contribution in [0.25, 0.3) is 132 Å². The zero-order valence-electron chi connectivity index (χ0n) is 40.1. The zero-order valence-corrected chi connectivity index (χ0v) is 43.2. The summed E-state index contributed by atoms with van der Waals surface area (Å²) in [4.78, 5) is 0. The van der Waals surface area contributed by atoms with E-state index >= 15 is 0 Å². The molecule has 0 spiro atoms. The van der Waals surface area contributed by atoms with Crippen molar-refractivity contribution in [1.29, 1.82) is 0 Å². The van der Waals surface area contributed by atoms with Crippen LogP contribution in [0.4, 0.5) is 0 Å². The van der Waals surface area contributed by atoms with Crippen LogP contribution in [0.1, 0.15) is 0 Å². The summed E-state index contributed by atoms with van der Waals surface area (Å²) in [6, 6.07) is 96.4. The van der Waals surface area contributed by atoms with Crippen molar-refractivity contribution in [1.82, 2.24) is 9.13 Å². The van der Waals surface area contributed by atoms with Gasteiger partial charge in [0.25, 0.3) is 0 Å². The molecule has 0 radical (unpaired) electrons. The number of rotatable bonds is 7. The quantitative estimate of drug-likeness (QED) is 0.141. The van der Waals surface area contributed by atoms with E-state index in [1.807, 2.05) is 0 Å². The molecule has 0 saturated heterocycles. The maximum Gasteiger partial charge on any atom is 0.0547 e. The summed E-state index contributed by atoms with van der Waals surface area (Å²) < 4.78 is 7.01. The van der Waals surface area contributed by atoms with Crippen LogP contribution < -0.4 is 0 Å². The largest absolute Gasteiger partial charge is 0.309 e. The van der Waals surface area contributed by atoms with Crippen LogP contribution in [-0.4, -0.2) is 9.13 Å². The lowest BCUT2D eigenvalue weighted by Gasteiger charge is -2.11. The minimum absolute atomic E-state index is 1.08. The Labute approximate surface area is 446 Å². The van der Waals surface area contributed by atoms with Crippen LogP contribution in [-0.2, 0) is 0 Å². The summed E-state index contributed by atoms with van der Waals surface area (Å²) in [6.45, 7) is 0. The van der Waals surface area contributed by atoms with Crippen molar-refractivity contribution < 1.29 is 0 Å². The molecule has 2 nitrogen and oxygen atoms in total. The minimum atomic E-state index is 1.08. The topological polar surface area (TPSA) is 9.86 Å². The van der Waals surface area contributed by atoms with E-state index in [9.17, 15) is 0 Å². The molecule has 2 heterocycles. The minimum Gasteiger partial charge on any atom is -0.309 e. The highest BCUT2D eigenvalue weighted by Gasteiger charge is 2.23. The predicted octanol–water partition coefficient (Wildman–Crippen LogP) is 20.6. The molecule has 0 saturated carbocycles. The van der Waals surface area contributed by atoms with Crippen LogP contribution >= 0.6 is 31.9 Å². The molecule has 0 aliphatic rings. The fraction of sp³-hybridized carbons (Fsp3) is 0. The van der Waals surface area contributed by atoms with Crippen molar-refractivity contribution in [3.8, 4) is 67.0 Å². The van der Waals surface area contributed by atoms with Gasteiger partial charge in [-0.05, 0) is 144 Å². The van der Waals surface area contributed by atoms with Crippen molar-refractivity contribution in [3.63, 3.8) is 0 Å². The number of halogens is 2. The van der Waals surface area contributed by atoms with Crippen LogP contribution in [0.3, 0.4) is 0 Å². The van der Waals surface area contributed by atoms with Crippen LogP contribution in [0.15, 0.2) is 276 Å². The number of benzene rings is 13. The Morgan fingerprint density at radius 3 is 0.892 bits per heavy atom. The van der Waals surface area contributed by atoms with Gasteiger partial charge in [0, 0.05) is 41.9 Å². The Morgan fingerprint density at radius 2 is 0.541 bits per heavy atom. The number of aromatic nitrogens is 2. The average molecular weight is 1070 g/mol. The highest BCUT2D eigenvalue weighted by Crippen LogP contribution is 2.47. The fourth-order valence-corrected chi connectivity index (χ4v) is 12.3. The first-order chi connectivity index (χ1) is 36.6. The first-order valence-electron chi connectivity index (χ1n) is 25.0. The Bertz CT molecular complexity index is 4300. The Balaban J connectivity index is 0.000000138. The zero-order chi connectivity index (χ0) is 49.3. The van der Waals surface area contributed by atoms with Crippen LogP contribution in [0.5, 0.6) is 0 Å². The van der Waals surface area contributed by atoms with Crippen molar-refractivity contribution in [2.45, 2.75) is 0 Å². The van der Waals surface area contributed by atoms with E-state index in [0.717, 1.165) is 14.6 Å². The highest BCUT2D eigenvalue weighted by molar-refractivity contribution is 9.10. The maximum atomic E-state index is 3.68. The first kappa shape index (κ1) is 44.2. The molecule has 4 heteroatoms. The molecule has 0 bridgehead atoms. The summed E-state index contributed by atoms with van der Waals surface area (Å²) in [5, 5.41) is 10.4. The lowest BCUT2D eigenvalue weighted by atomic mass is 9.91. The molecule has 0 unspecified atom stereocenters. The second kappa shape index (κ2) is 18.2. The molecule has 0 N–H and O–H groups in total. The van der Waals surface area contributed by atoms with Gasteiger partial charge in [-0.1, -0.05) is 232 Å². The van der Waals surface area contributed by atoms with Crippen molar-refractivity contribution in [2.75, 3.05) is 0 Å². The molecule has 0 aliphatic carbocycles. The molecule has 0 atom stereocenters. The van der Waals surface area contributed by atoms with Gasteiger partial charge in [-0.15, -0.1) is 0 Å². The van der Waals surface area contributed by atoms with Gasteiger partial charge in [-0.25, -0.2) is 0 Å². The summed E-state index contributed by atoms with van der Waals surface area (Å²) in [7, 11) is 0. The van der Waals surface area contributed by atoms with Crippen molar-refractivity contribution in [2.24, 2.45) is 0 Å². The molecule has 13 aromatic carbocycles. The van der Waals surface area contributed by atoms with Crippen LogP contribution in [0.2, 0.25) is 0 Å². The first-order valence-corrected chi connectivity index (χ1v) is 26.6. The number of hydrogen-bond acceptors (Lipinski definition) is 0. The summed E-state index contributed by atoms with van der Waals surface area (Å²) >= 11 is 7.25. The Morgan fingerprint density at radius 1 is 0.216 bits per heavy atom. The average Bonchev–Trinajstić information content (AvgIpc) is 4.00. The molecular weight excluding hydrogens is 1030 g/mol. The van der Waals surface area contributed by atoms with E-state index in [1.54, 1.807) is 0 Å². The third kappa shape index (κ3) is 7.36. The van der Waals surface area contributed by atoms with E-state index in [4.69, 9.17) is 0 Å².